The molecule has 0 aliphatic carbocycles. The predicted octanol–water partition coefficient (Wildman–Crippen LogP) is 3.71. The zero-order valence-electron chi connectivity index (χ0n) is 12.6. The molecule has 0 aromatic carbocycles. The average Bonchev–Trinajstić information content (AvgIpc) is 3.19. The second-order valence-electron chi connectivity index (χ2n) is 5.73. The largest absolute Gasteiger partial charge is 0.469 e. The molecule has 3 rings (SSSR count). The van der Waals surface area contributed by atoms with Crippen LogP contribution in [-0.2, 0) is 6.42 Å². The molecule has 0 bridgehead atoms. The fourth-order valence-corrected chi connectivity index (χ4v) is 2.84. The standard InChI is InChI=1S/C17H23N3O/c1-14(8-9-15-6-5-13-21-15)19-16-7-4-10-18-17(16)20-11-2-3-12-20/h4-7,10,13-14,19H,2-3,8-9,11-12H2,1H3. The lowest BCUT2D eigenvalue weighted by Crippen LogP contribution is -2.23. The summed E-state index contributed by atoms with van der Waals surface area (Å²) in [6.45, 7) is 4.45. The van der Waals surface area contributed by atoms with Crippen molar-refractivity contribution in [1.82, 2.24) is 4.98 Å². The van der Waals surface area contributed by atoms with E-state index in [2.05, 4.69) is 28.2 Å². The van der Waals surface area contributed by atoms with E-state index >= 15 is 0 Å². The Kier molecular flexibility index (Phi) is 4.43. The van der Waals surface area contributed by atoms with Gasteiger partial charge >= 0.3 is 0 Å². The van der Waals surface area contributed by atoms with Crippen molar-refractivity contribution in [3.63, 3.8) is 0 Å². The quantitative estimate of drug-likeness (QED) is 0.878. The number of aryl methyl sites for hydroxylation is 1. The fraction of sp³-hybridized carbons (Fsp3) is 0.471. The van der Waals surface area contributed by atoms with Crippen LogP contribution in [0.15, 0.2) is 41.1 Å². The lowest BCUT2D eigenvalue weighted by Gasteiger charge is -2.22. The first-order valence-corrected chi connectivity index (χ1v) is 7.82. The fourth-order valence-electron chi connectivity index (χ4n) is 2.84. The third-order valence-corrected chi connectivity index (χ3v) is 4.00. The zero-order chi connectivity index (χ0) is 14.5. The summed E-state index contributed by atoms with van der Waals surface area (Å²) in [7, 11) is 0. The van der Waals surface area contributed by atoms with Crippen LogP contribution in [0.5, 0.6) is 0 Å². The van der Waals surface area contributed by atoms with Crippen molar-refractivity contribution in [1.29, 1.82) is 0 Å². The molecule has 0 saturated carbocycles. The van der Waals surface area contributed by atoms with Crippen molar-refractivity contribution >= 4 is 11.5 Å². The number of rotatable bonds is 6. The molecule has 21 heavy (non-hydrogen) atoms. The minimum atomic E-state index is 0.389. The van der Waals surface area contributed by atoms with E-state index in [1.165, 1.54) is 12.8 Å². The monoisotopic (exact) mass is 285 g/mol. The molecule has 0 spiro atoms. The Morgan fingerprint density at radius 2 is 2.14 bits per heavy atom. The Morgan fingerprint density at radius 1 is 1.29 bits per heavy atom. The van der Waals surface area contributed by atoms with Gasteiger partial charge in [0.25, 0.3) is 0 Å². The van der Waals surface area contributed by atoms with E-state index in [4.69, 9.17) is 4.42 Å². The number of anilines is 2. The van der Waals surface area contributed by atoms with Gasteiger partial charge in [0.15, 0.2) is 5.82 Å². The molecule has 0 radical (unpaired) electrons. The molecule has 0 amide bonds. The number of pyridine rings is 1. The highest BCUT2D eigenvalue weighted by molar-refractivity contribution is 5.66. The number of furan rings is 1. The van der Waals surface area contributed by atoms with E-state index in [9.17, 15) is 0 Å². The molecule has 1 aliphatic rings. The summed E-state index contributed by atoms with van der Waals surface area (Å²) in [6.07, 6.45) is 8.16. The van der Waals surface area contributed by atoms with Gasteiger partial charge in [-0.3, -0.25) is 0 Å². The molecule has 2 aromatic heterocycles. The normalized spacial score (nSPS) is 16.1. The lowest BCUT2D eigenvalue weighted by atomic mass is 10.1. The lowest BCUT2D eigenvalue weighted by molar-refractivity contribution is 0.495. The van der Waals surface area contributed by atoms with Gasteiger partial charge in [0.05, 0.1) is 12.0 Å². The van der Waals surface area contributed by atoms with Crippen LogP contribution in [0.3, 0.4) is 0 Å². The Hall–Kier alpha value is -1.97. The van der Waals surface area contributed by atoms with E-state index in [1.807, 2.05) is 24.4 Å². The Bertz CT molecular complexity index is 547. The maximum Gasteiger partial charge on any atom is 0.151 e. The summed E-state index contributed by atoms with van der Waals surface area (Å²) in [5.41, 5.74) is 1.14. The van der Waals surface area contributed by atoms with E-state index < -0.39 is 0 Å². The van der Waals surface area contributed by atoms with Crippen molar-refractivity contribution in [2.45, 2.75) is 38.6 Å². The molecule has 112 valence electrons. The Labute approximate surface area is 126 Å². The third kappa shape index (κ3) is 3.57. The second kappa shape index (κ2) is 6.66. The van der Waals surface area contributed by atoms with Crippen LogP contribution in [0.25, 0.3) is 0 Å². The van der Waals surface area contributed by atoms with Gasteiger partial charge in [-0.2, -0.15) is 0 Å². The van der Waals surface area contributed by atoms with Crippen LogP contribution in [0.4, 0.5) is 11.5 Å². The summed E-state index contributed by atoms with van der Waals surface area (Å²) >= 11 is 0. The summed E-state index contributed by atoms with van der Waals surface area (Å²) in [6, 6.07) is 8.50. The van der Waals surface area contributed by atoms with Crippen molar-refractivity contribution in [2.24, 2.45) is 0 Å². The summed E-state index contributed by atoms with van der Waals surface area (Å²) in [5, 5.41) is 3.60. The molecular formula is C17H23N3O. The van der Waals surface area contributed by atoms with Crippen molar-refractivity contribution < 1.29 is 4.42 Å². The molecule has 4 heteroatoms. The first-order valence-electron chi connectivity index (χ1n) is 7.82. The number of nitrogens with one attached hydrogen (secondary N) is 1. The van der Waals surface area contributed by atoms with Crippen molar-refractivity contribution in [3.05, 3.63) is 42.5 Å². The molecule has 1 fully saturated rings. The highest BCUT2D eigenvalue weighted by Gasteiger charge is 2.17. The maximum atomic E-state index is 5.39. The molecule has 1 saturated heterocycles. The van der Waals surface area contributed by atoms with Gasteiger partial charge < -0.3 is 14.6 Å². The van der Waals surface area contributed by atoms with Gasteiger partial charge in [0, 0.05) is 31.7 Å². The summed E-state index contributed by atoms with van der Waals surface area (Å²) in [4.78, 5) is 6.95. The van der Waals surface area contributed by atoms with Crippen molar-refractivity contribution in [2.75, 3.05) is 23.3 Å². The van der Waals surface area contributed by atoms with Gasteiger partial charge in [-0.05, 0) is 50.5 Å². The highest BCUT2D eigenvalue weighted by atomic mass is 16.3. The van der Waals surface area contributed by atoms with Crippen LogP contribution in [0.1, 0.15) is 31.9 Å². The van der Waals surface area contributed by atoms with Crippen LogP contribution in [0.2, 0.25) is 0 Å². The number of hydrogen-bond donors (Lipinski definition) is 1. The zero-order valence-corrected chi connectivity index (χ0v) is 12.6. The molecule has 3 heterocycles. The van der Waals surface area contributed by atoms with Gasteiger partial charge in [-0.15, -0.1) is 0 Å². The van der Waals surface area contributed by atoms with E-state index in [1.54, 1.807) is 6.26 Å². The Balaban J connectivity index is 1.61. The topological polar surface area (TPSA) is 41.3 Å². The first kappa shape index (κ1) is 14.0. The van der Waals surface area contributed by atoms with Crippen LogP contribution in [0, 0.1) is 0 Å². The van der Waals surface area contributed by atoms with Crippen LogP contribution in [-0.4, -0.2) is 24.1 Å². The SMILES string of the molecule is CC(CCc1ccco1)Nc1cccnc1N1CCCC1. The second-order valence-corrected chi connectivity index (χ2v) is 5.73. The first-order chi connectivity index (χ1) is 10.3. The highest BCUT2D eigenvalue weighted by Crippen LogP contribution is 2.27. The minimum absolute atomic E-state index is 0.389. The number of nitrogens with zero attached hydrogens (tertiary/aromatic N) is 2. The predicted molar refractivity (Wildman–Crippen MR) is 85.8 cm³/mol. The Morgan fingerprint density at radius 3 is 2.90 bits per heavy atom. The van der Waals surface area contributed by atoms with Crippen LogP contribution < -0.4 is 10.2 Å². The number of hydrogen-bond acceptors (Lipinski definition) is 4. The van der Waals surface area contributed by atoms with Gasteiger partial charge in [0.1, 0.15) is 5.76 Å². The molecule has 1 atom stereocenters. The number of aromatic nitrogens is 1. The van der Waals surface area contributed by atoms with Gasteiger partial charge in [-0.25, -0.2) is 4.98 Å². The molecule has 2 aromatic rings. The molecule has 1 N–H and O–H groups in total. The van der Waals surface area contributed by atoms with E-state index in [0.29, 0.717) is 6.04 Å². The van der Waals surface area contributed by atoms with Gasteiger partial charge in [-0.1, -0.05) is 0 Å². The molecule has 1 aliphatic heterocycles. The van der Waals surface area contributed by atoms with E-state index in [-0.39, 0.29) is 0 Å². The van der Waals surface area contributed by atoms with E-state index in [0.717, 1.165) is 43.2 Å². The summed E-state index contributed by atoms with van der Waals surface area (Å²) < 4.78 is 5.39. The third-order valence-electron chi connectivity index (χ3n) is 4.00. The van der Waals surface area contributed by atoms with Crippen LogP contribution >= 0.6 is 0 Å². The summed E-state index contributed by atoms with van der Waals surface area (Å²) in [5.74, 6) is 2.15. The smallest absolute Gasteiger partial charge is 0.151 e. The van der Waals surface area contributed by atoms with Gasteiger partial charge in [0.2, 0.25) is 0 Å². The maximum absolute atomic E-state index is 5.39. The van der Waals surface area contributed by atoms with Crippen molar-refractivity contribution in [3.8, 4) is 0 Å². The minimum Gasteiger partial charge on any atom is -0.469 e. The molecule has 4 nitrogen and oxygen atoms in total. The molecule has 1 unspecified atom stereocenters. The average molecular weight is 285 g/mol. The molecular weight excluding hydrogens is 262 g/mol.